The second-order valence-corrected chi connectivity index (χ2v) is 9.26. The van der Waals surface area contributed by atoms with E-state index in [2.05, 4.69) is 25.5 Å². The van der Waals surface area contributed by atoms with Crippen molar-refractivity contribution in [2.24, 2.45) is 0 Å². The van der Waals surface area contributed by atoms with Gasteiger partial charge in [0.1, 0.15) is 17.3 Å². The van der Waals surface area contributed by atoms with Crippen molar-refractivity contribution in [1.82, 2.24) is 25.5 Å². The molecule has 2 atom stereocenters. The van der Waals surface area contributed by atoms with Gasteiger partial charge in [-0.25, -0.2) is 9.97 Å². The van der Waals surface area contributed by atoms with Gasteiger partial charge in [0.2, 0.25) is 5.88 Å². The van der Waals surface area contributed by atoms with Gasteiger partial charge in [0.15, 0.2) is 0 Å². The van der Waals surface area contributed by atoms with E-state index in [1.54, 1.807) is 23.9 Å². The highest BCUT2D eigenvalue weighted by molar-refractivity contribution is 7.19. The third-order valence-corrected chi connectivity index (χ3v) is 7.62. The van der Waals surface area contributed by atoms with Gasteiger partial charge in [0.25, 0.3) is 0 Å². The Labute approximate surface area is 173 Å². The molecule has 2 aliphatic rings. The lowest BCUT2D eigenvalue weighted by Gasteiger charge is -2.28. The summed E-state index contributed by atoms with van der Waals surface area (Å²) in [6, 6.07) is 2.44. The second-order valence-electron chi connectivity index (χ2n) is 8.18. The zero-order chi connectivity index (χ0) is 19.8. The smallest absolute Gasteiger partial charge is 0.225 e. The van der Waals surface area contributed by atoms with Crippen LogP contribution in [0.25, 0.3) is 10.2 Å². The van der Waals surface area contributed by atoms with Crippen LogP contribution in [0, 0.1) is 0 Å². The summed E-state index contributed by atoms with van der Waals surface area (Å²) in [6.07, 6.45) is 10.1. The Hall–Kier alpha value is -2.03. The highest BCUT2D eigenvalue weighted by Gasteiger charge is 2.32. The minimum Gasteiger partial charge on any atom is -0.474 e. The molecule has 8 heteroatoms. The maximum absolute atomic E-state index is 10.6. The van der Waals surface area contributed by atoms with E-state index < -0.39 is 6.10 Å². The fraction of sp³-hybridized carbons (Fsp3) is 0.571. The molecule has 0 unspecified atom stereocenters. The van der Waals surface area contributed by atoms with Gasteiger partial charge in [-0.15, -0.1) is 11.3 Å². The number of aryl methyl sites for hydroxylation is 1. The first-order valence-electron chi connectivity index (χ1n) is 10.5. The molecule has 0 aliphatic heterocycles. The van der Waals surface area contributed by atoms with Crippen LogP contribution in [0.1, 0.15) is 66.7 Å². The lowest BCUT2D eigenvalue weighted by atomic mass is 9.92. The maximum atomic E-state index is 10.6. The molecule has 3 aromatic rings. The number of hydrogen-bond acceptors (Lipinski definition) is 7. The number of hydrogen-bond donors (Lipinski definition) is 3. The van der Waals surface area contributed by atoms with Gasteiger partial charge < -0.3 is 15.2 Å². The Morgan fingerprint density at radius 1 is 1.28 bits per heavy atom. The van der Waals surface area contributed by atoms with E-state index in [1.165, 1.54) is 10.4 Å². The summed E-state index contributed by atoms with van der Waals surface area (Å²) in [5.74, 6) is 1.01. The number of aromatic amines is 1. The van der Waals surface area contributed by atoms with Crippen molar-refractivity contribution in [2.75, 3.05) is 7.05 Å². The van der Waals surface area contributed by atoms with Crippen molar-refractivity contribution in [3.63, 3.8) is 0 Å². The molecule has 29 heavy (non-hydrogen) atoms. The molecule has 3 aromatic heterocycles. The van der Waals surface area contributed by atoms with Gasteiger partial charge >= 0.3 is 0 Å². The monoisotopic (exact) mass is 413 g/mol. The van der Waals surface area contributed by atoms with Crippen molar-refractivity contribution in [3.8, 4) is 5.88 Å². The minimum absolute atomic E-state index is 0.212. The Morgan fingerprint density at radius 2 is 2.14 bits per heavy atom. The number of aliphatic hydroxyl groups excluding tert-OH is 1. The summed E-state index contributed by atoms with van der Waals surface area (Å²) in [7, 11) is 2.03. The number of aromatic nitrogens is 4. The van der Waals surface area contributed by atoms with E-state index in [0.29, 0.717) is 12.5 Å². The quantitative estimate of drug-likeness (QED) is 0.573. The highest BCUT2D eigenvalue weighted by atomic mass is 32.1. The van der Waals surface area contributed by atoms with Gasteiger partial charge in [-0.2, -0.15) is 5.10 Å². The van der Waals surface area contributed by atoms with Gasteiger partial charge in [0, 0.05) is 17.1 Å². The van der Waals surface area contributed by atoms with Gasteiger partial charge in [-0.1, -0.05) is 0 Å². The van der Waals surface area contributed by atoms with Crippen LogP contribution in [0.3, 0.4) is 0 Å². The Balaban J connectivity index is 1.41. The molecule has 2 aliphatic carbocycles. The first-order valence-corrected chi connectivity index (χ1v) is 11.3. The van der Waals surface area contributed by atoms with E-state index in [9.17, 15) is 5.11 Å². The van der Waals surface area contributed by atoms with Crippen LogP contribution in [0.4, 0.5) is 0 Å². The minimum atomic E-state index is -0.547. The molecule has 0 amide bonds. The topological polar surface area (TPSA) is 95.9 Å². The second kappa shape index (κ2) is 8.01. The Bertz CT molecular complexity index is 965. The molecule has 0 bridgehead atoms. The van der Waals surface area contributed by atoms with Crippen molar-refractivity contribution in [2.45, 2.75) is 69.1 Å². The molecule has 0 saturated heterocycles. The van der Waals surface area contributed by atoms with Crippen molar-refractivity contribution in [3.05, 3.63) is 34.7 Å². The molecule has 1 saturated carbocycles. The van der Waals surface area contributed by atoms with Crippen LogP contribution in [0.5, 0.6) is 5.88 Å². The molecule has 1 fully saturated rings. The first kappa shape index (κ1) is 19.0. The maximum Gasteiger partial charge on any atom is 0.225 e. The van der Waals surface area contributed by atoms with Crippen molar-refractivity contribution < 1.29 is 9.84 Å². The van der Waals surface area contributed by atoms with Crippen LogP contribution in [0.15, 0.2) is 18.6 Å². The predicted octanol–water partition coefficient (Wildman–Crippen LogP) is 3.48. The zero-order valence-corrected chi connectivity index (χ0v) is 17.4. The molecular formula is C21H27N5O2S. The molecule has 3 heterocycles. The van der Waals surface area contributed by atoms with Crippen molar-refractivity contribution >= 4 is 21.6 Å². The molecule has 154 valence electrons. The summed E-state index contributed by atoms with van der Waals surface area (Å²) >= 11 is 1.75. The third-order valence-electron chi connectivity index (χ3n) is 6.45. The SMILES string of the molecule is CNC1CCC(Oc2ncnc3sc4c(c23)[C@@H](C[C@@H](O)c2ccn[nH]2)CC4)CC1. The van der Waals surface area contributed by atoms with Gasteiger partial charge in [-0.3, -0.25) is 5.10 Å². The summed E-state index contributed by atoms with van der Waals surface area (Å²) in [5, 5.41) is 21.9. The number of rotatable bonds is 6. The lowest BCUT2D eigenvalue weighted by Crippen LogP contribution is -2.34. The van der Waals surface area contributed by atoms with Crippen LogP contribution >= 0.6 is 11.3 Å². The number of fused-ring (bicyclic) bond motifs is 3. The molecule has 7 nitrogen and oxygen atoms in total. The fourth-order valence-corrected chi connectivity index (χ4v) is 6.07. The average Bonchev–Trinajstić information content (AvgIpc) is 3.46. The van der Waals surface area contributed by atoms with Gasteiger partial charge in [-0.05, 0) is 69.5 Å². The molecule has 0 spiro atoms. The van der Waals surface area contributed by atoms with E-state index >= 15 is 0 Å². The largest absolute Gasteiger partial charge is 0.474 e. The summed E-state index contributed by atoms with van der Waals surface area (Å²) in [6.45, 7) is 0. The molecule has 5 rings (SSSR count). The average molecular weight is 414 g/mol. The predicted molar refractivity (Wildman–Crippen MR) is 112 cm³/mol. The molecule has 3 N–H and O–H groups in total. The number of ether oxygens (including phenoxy) is 1. The zero-order valence-electron chi connectivity index (χ0n) is 16.6. The number of thiophene rings is 1. The summed E-state index contributed by atoms with van der Waals surface area (Å²) in [4.78, 5) is 11.4. The van der Waals surface area contributed by atoms with Crippen LogP contribution in [-0.4, -0.2) is 44.5 Å². The standard InChI is InChI=1S/C21H27N5O2S/c1-22-13-3-5-14(6-4-13)28-20-19-18-12(10-16(27)15-8-9-25-26-15)2-7-17(18)29-21(19)24-11-23-20/h8-9,11-14,16,22,27H,2-7,10H2,1H3,(H,25,26)/t12-,13?,14?,16-/m1/s1. The number of nitrogens with one attached hydrogen (secondary N) is 2. The highest BCUT2D eigenvalue weighted by Crippen LogP contribution is 2.48. The number of nitrogens with zero attached hydrogens (tertiary/aromatic N) is 3. The van der Waals surface area contributed by atoms with E-state index in [4.69, 9.17) is 4.74 Å². The Kier molecular flexibility index (Phi) is 5.24. The lowest BCUT2D eigenvalue weighted by molar-refractivity contribution is 0.137. The Morgan fingerprint density at radius 3 is 2.90 bits per heavy atom. The summed E-state index contributed by atoms with van der Waals surface area (Å²) in [5.41, 5.74) is 2.06. The third kappa shape index (κ3) is 3.65. The summed E-state index contributed by atoms with van der Waals surface area (Å²) < 4.78 is 6.42. The van der Waals surface area contributed by atoms with Crippen LogP contribution < -0.4 is 10.1 Å². The first-order chi connectivity index (χ1) is 14.2. The number of H-pyrrole nitrogens is 1. The van der Waals surface area contributed by atoms with Crippen LogP contribution in [0.2, 0.25) is 0 Å². The normalized spacial score (nSPS) is 25.2. The van der Waals surface area contributed by atoms with Crippen LogP contribution in [-0.2, 0) is 6.42 Å². The number of aliphatic hydroxyl groups is 1. The molecular weight excluding hydrogens is 386 g/mol. The molecule has 0 aromatic carbocycles. The fourth-order valence-electron chi connectivity index (χ4n) is 4.84. The van der Waals surface area contributed by atoms with E-state index in [0.717, 1.165) is 60.3 Å². The van der Waals surface area contributed by atoms with Crippen molar-refractivity contribution in [1.29, 1.82) is 0 Å². The van der Waals surface area contributed by atoms with E-state index in [-0.39, 0.29) is 12.0 Å². The van der Waals surface area contributed by atoms with Gasteiger partial charge in [0.05, 0.1) is 17.2 Å². The van der Waals surface area contributed by atoms with E-state index in [1.807, 2.05) is 13.1 Å². The molecule has 0 radical (unpaired) electrons.